The molecule has 1 heterocycles. The van der Waals surface area contributed by atoms with Crippen LogP contribution in [0, 0.1) is 12.8 Å². The molecule has 168 valence electrons. The zero-order chi connectivity index (χ0) is 20.5. The van der Waals surface area contributed by atoms with Crippen LogP contribution in [0.3, 0.4) is 0 Å². The van der Waals surface area contributed by atoms with E-state index in [-0.39, 0.29) is 29.9 Å². The number of guanidine groups is 1. The number of nitrogens with one attached hydrogen (secondary N) is 3. The predicted octanol–water partition coefficient (Wildman–Crippen LogP) is 2.75. The Morgan fingerprint density at radius 3 is 2.80 bits per heavy atom. The smallest absolute Gasteiger partial charge is 0.220 e. The molecule has 1 saturated carbocycles. The van der Waals surface area contributed by atoms with Gasteiger partial charge < -0.3 is 25.4 Å². The van der Waals surface area contributed by atoms with Crippen molar-refractivity contribution in [3.05, 3.63) is 29.3 Å². The maximum absolute atomic E-state index is 11.7. The Morgan fingerprint density at radius 2 is 2.10 bits per heavy atom. The van der Waals surface area contributed by atoms with Gasteiger partial charge in [0.25, 0.3) is 0 Å². The molecule has 1 aliphatic heterocycles. The molecule has 2 aliphatic rings. The van der Waals surface area contributed by atoms with Crippen LogP contribution in [-0.4, -0.2) is 51.3 Å². The fourth-order valence-electron chi connectivity index (χ4n) is 3.25. The van der Waals surface area contributed by atoms with E-state index in [0.717, 1.165) is 56.2 Å². The standard InChI is InChI=1S/C22H34N4O3.HI/c1-16-5-6-18(20(12-16)29-15-17-9-11-28-14-17)13-25-22(23-2)24-10-3-4-21(27)26-19-7-8-19;/h5-6,12,17,19H,3-4,7-11,13-15H2,1-2H3,(H,26,27)(H2,23,24,25);1H. The van der Waals surface area contributed by atoms with E-state index in [1.54, 1.807) is 7.05 Å². The van der Waals surface area contributed by atoms with Gasteiger partial charge in [-0.05, 0) is 44.2 Å². The fraction of sp³-hybridized carbons (Fsp3) is 0.636. The van der Waals surface area contributed by atoms with Crippen molar-refractivity contribution in [1.82, 2.24) is 16.0 Å². The van der Waals surface area contributed by atoms with Crippen LogP contribution in [0.2, 0.25) is 0 Å². The molecule has 1 aromatic carbocycles. The van der Waals surface area contributed by atoms with Gasteiger partial charge in [-0.15, -0.1) is 24.0 Å². The number of amides is 1. The Morgan fingerprint density at radius 1 is 1.27 bits per heavy atom. The lowest BCUT2D eigenvalue weighted by atomic mass is 10.1. The molecule has 3 N–H and O–H groups in total. The third-order valence-electron chi connectivity index (χ3n) is 5.21. The lowest BCUT2D eigenvalue weighted by molar-refractivity contribution is -0.121. The number of carbonyl (C=O) groups excluding carboxylic acids is 1. The van der Waals surface area contributed by atoms with E-state index in [1.807, 2.05) is 0 Å². The van der Waals surface area contributed by atoms with Gasteiger partial charge >= 0.3 is 0 Å². The number of ether oxygens (including phenoxy) is 2. The van der Waals surface area contributed by atoms with E-state index in [1.165, 1.54) is 5.56 Å². The Kier molecular flexibility index (Phi) is 10.7. The molecular formula is C22H35IN4O3. The molecule has 0 bridgehead atoms. The van der Waals surface area contributed by atoms with Crippen LogP contribution in [0.15, 0.2) is 23.2 Å². The van der Waals surface area contributed by atoms with Crippen molar-refractivity contribution >= 4 is 35.8 Å². The summed E-state index contributed by atoms with van der Waals surface area (Å²) in [6, 6.07) is 6.70. The molecule has 3 rings (SSSR count). The number of aliphatic imine (C=N–C) groups is 1. The molecule has 0 aromatic heterocycles. The monoisotopic (exact) mass is 530 g/mol. The van der Waals surface area contributed by atoms with Crippen LogP contribution >= 0.6 is 24.0 Å². The molecule has 1 aromatic rings. The quantitative estimate of drug-likeness (QED) is 0.188. The first-order valence-corrected chi connectivity index (χ1v) is 10.7. The summed E-state index contributed by atoms with van der Waals surface area (Å²) in [5.74, 6) is 2.26. The van der Waals surface area contributed by atoms with Crippen molar-refractivity contribution in [1.29, 1.82) is 0 Å². The van der Waals surface area contributed by atoms with Gasteiger partial charge in [-0.2, -0.15) is 0 Å². The molecule has 0 spiro atoms. The third-order valence-corrected chi connectivity index (χ3v) is 5.21. The molecule has 1 amide bonds. The van der Waals surface area contributed by atoms with Gasteiger partial charge in [-0.3, -0.25) is 9.79 Å². The number of benzene rings is 1. The summed E-state index contributed by atoms with van der Waals surface area (Å²) in [6.07, 6.45) is 4.64. The van der Waals surface area contributed by atoms with Gasteiger partial charge in [0.05, 0.1) is 13.2 Å². The molecule has 0 radical (unpaired) electrons. The van der Waals surface area contributed by atoms with E-state index in [2.05, 4.69) is 46.1 Å². The predicted molar refractivity (Wildman–Crippen MR) is 130 cm³/mol. The minimum atomic E-state index is 0. The molecule has 1 atom stereocenters. The largest absolute Gasteiger partial charge is 0.493 e. The Bertz CT molecular complexity index is 704. The first-order valence-electron chi connectivity index (χ1n) is 10.7. The van der Waals surface area contributed by atoms with E-state index in [9.17, 15) is 4.79 Å². The zero-order valence-electron chi connectivity index (χ0n) is 18.0. The number of hydrogen-bond acceptors (Lipinski definition) is 4. The second kappa shape index (κ2) is 13.0. The highest BCUT2D eigenvalue weighted by Gasteiger charge is 2.22. The van der Waals surface area contributed by atoms with Crippen molar-refractivity contribution in [3.63, 3.8) is 0 Å². The van der Waals surface area contributed by atoms with E-state index in [4.69, 9.17) is 9.47 Å². The summed E-state index contributed by atoms with van der Waals surface area (Å²) in [6.45, 7) is 5.71. The van der Waals surface area contributed by atoms with Gasteiger partial charge in [-0.25, -0.2) is 0 Å². The topological polar surface area (TPSA) is 84.0 Å². The van der Waals surface area contributed by atoms with Crippen molar-refractivity contribution in [2.75, 3.05) is 33.4 Å². The van der Waals surface area contributed by atoms with Gasteiger partial charge in [-0.1, -0.05) is 12.1 Å². The summed E-state index contributed by atoms with van der Waals surface area (Å²) in [5.41, 5.74) is 2.28. The zero-order valence-corrected chi connectivity index (χ0v) is 20.4. The van der Waals surface area contributed by atoms with Crippen LogP contribution in [0.5, 0.6) is 5.75 Å². The van der Waals surface area contributed by atoms with Crippen molar-refractivity contribution in [2.24, 2.45) is 10.9 Å². The molecule has 8 heteroatoms. The normalized spacial score (nSPS) is 18.5. The van der Waals surface area contributed by atoms with Gasteiger partial charge in [0, 0.05) is 50.7 Å². The van der Waals surface area contributed by atoms with E-state index >= 15 is 0 Å². The van der Waals surface area contributed by atoms with Crippen molar-refractivity contribution < 1.29 is 14.3 Å². The molecule has 7 nitrogen and oxygen atoms in total. The minimum Gasteiger partial charge on any atom is -0.493 e. The van der Waals surface area contributed by atoms with Crippen molar-refractivity contribution in [2.45, 2.75) is 51.6 Å². The number of hydrogen-bond donors (Lipinski definition) is 3. The lowest BCUT2D eigenvalue weighted by Gasteiger charge is -2.17. The fourth-order valence-corrected chi connectivity index (χ4v) is 3.25. The number of halogens is 1. The summed E-state index contributed by atoms with van der Waals surface area (Å²) in [4.78, 5) is 16.0. The second-order valence-corrected chi connectivity index (χ2v) is 7.95. The van der Waals surface area contributed by atoms with Crippen LogP contribution in [-0.2, 0) is 16.1 Å². The Hall–Kier alpha value is -1.55. The maximum Gasteiger partial charge on any atom is 0.220 e. The first-order chi connectivity index (χ1) is 14.1. The molecular weight excluding hydrogens is 495 g/mol. The van der Waals surface area contributed by atoms with Crippen LogP contribution < -0.4 is 20.7 Å². The average molecular weight is 530 g/mol. The number of nitrogens with zero attached hydrogens (tertiary/aromatic N) is 1. The highest BCUT2D eigenvalue weighted by molar-refractivity contribution is 14.0. The Balaban J connectivity index is 0.00000320. The molecule has 1 aliphatic carbocycles. The van der Waals surface area contributed by atoms with Gasteiger partial charge in [0.15, 0.2) is 5.96 Å². The van der Waals surface area contributed by atoms with Crippen LogP contribution in [0.4, 0.5) is 0 Å². The highest BCUT2D eigenvalue weighted by atomic mass is 127. The molecule has 30 heavy (non-hydrogen) atoms. The van der Waals surface area contributed by atoms with E-state index in [0.29, 0.717) is 38.1 Å². The van der Waals surface area contributed by atoms with Crippen molar-refractivity contribution in [3.8, 4) is 5.75 Å². The molecule has 2 fully saturated rings. The Labute approximate surface area is 196 Å². The second-order valence-electron chi connectivity index (χ2n) is 7.95. The molecule has 1 unspecified atom stereocenters. The van der Waals surface area contributed by atoms with Crippen LogP contribution in [0.1, 0.15) is 43.2 Å². The minimum absolute atomic E-state index is 0. The SMILES string of the molecule is CN=C(NCCCC(=O)NC1CC1)NCc1ccc(C)cc1OCC1CCOC1.I. The summed E-state index contributed by atoms with van der Waals surface area (Å²) in [5, 5.41) is 9.62. The first kappa shape index (κ1) is 24.7. The number of aryl methyl sites for hydroxylation is 1. The maximum atomic E-state index is 11.7. The number of carbonyl (C=O) groups is 1. The lowest BCUT2D eigenvalue weighted by Crippen LogP contribution is -2.37. The van der Waals surface area contributed by atoms with Gasteiger partial charge in [0.2, 0.25) is 5.91 Å². The van der Waals surface area contributed by atoms with Crippen LogP contribution in [0.25, 0.3) is 0 Å². The third kappa shape index (κ3) is 8.67. The molecule has 1 saturated heterocycles. The van der Waals surface area contributed by atoms with E-state index < -0.39 is 0 Å². The highest BCUT2D eigenvalue weighted by Crippen LogP contribution is 2.22. The summed E-state index contributed by atoms with van der Waals surface area (Å²) < 4.78 is 11.5. The summed E-state index contributed by atoms with van der Waals surface area (Å²) >= 11 is 0. The average Bonchev–Trinajstić information content (AvgIpc) is 3.37. The number of rotatable bonds is 10. The van der Waals surface area contributed by atoms with Gasteiger partial charge in [0.1, 0.15) is 5.75 Å². The summed E-state index contributed by atoms with van der Waals surface area (Å²) in [7, 11) is 1.75.